The van der Waals surface area contributed by atoms with E-state index < -0.39 is 6.04 Å². The van der Waals surface area contributed by atoms with E-state index in [1.807, 2.05) is 43.3 Å². The van der Waals surface area contributed by atoms with E-state index in [1.54, 1.807) is 31.1 Å². The van der Waals surface area contributed by atoms with Gasteiger partial charge in [-0.15, -0.1) is 0 Å². The van der Waals surface area contributed by atoms with E-state index in [9.17, 15) is 9.59 Å². The maximum Gasteiger partial charge on any atom is 0.241 e. The molecule has 0 heterocycles. The normalized spacial score (nSPS) is 11.7. The van der Waals surface area contributed by atoms with Crippen LogP contribution in [0.1, 0.15) is 13.8 Å². The quantitative estimate of drug-likeness (QED) is 0.664. The van der Waals surface area contributed by atoms with Crippen LogP contribution in [0, 0.1) is 0 Å². The van der Waals surface area contributed by atoms with Crippen LogP contribution < -0.4 is 15.4 Å². The topological polar surface area (TPSA) is 70.7 Å². The van der Waals surface area contributed by atoms with Gasteiger partial charge < -0.3 is 15.4 Å². The third-order valence-electron chi connectivity index (χ3n) is 4.15. The van der Waals surface area contributed by atoms with Crippen molar-refractivity contribution in [2.24, 2.45) is 0 Å². The zero-order valence-electron chi connectivity index (χ0n) is 15.7. The van der Waals surface area contributed by atoms with Gasteiger partial charge in [0.1, 0.15) is 5.75 Å². The maximum absolute atomic E-state index is 12.5. The van der Waals surface area contributed by atoms with Gasteiger partial charge in [0.15, 0.2) is 0 Å². The maximum atomic E-state index is 12.5. The zero-order chi connectivity index (χ0) is 19.8. The number of likely N-dealkylation sites (N-methyl/N-ethyl adjacent to an activating group) is 1. The monoisotopic (exact) mass is 433 g/mol. The lowest BCUT2D eigenvalue weighted by Crippen LogP contribution is -2.45. The van der Waals surface area contributed by atoms with Gasteiger partial charge in [0.05, 0.1) is 25.4 Å². The molecule has 0 saturated heterocycles. The van der Waals surface area contributed by atoms with Crippen molar-refractivity contribution in [3.63, 3.8) is 0 Å². The Kier molecular flexibility index (Phi) is 7.82. The summed E-state index contributed by atoms with van der Waals surface area (Å²) in [6.45, 7) is 4.36. The van der Waals surface area contributed by atoms with E-state index in [4.69, 9.17) is 4.74 Å². The van der Waals surface area contributed by atoms with Gasteiger partial charge in [0.25, 0.3) is 0 Å². The number of hydrogen-bond donors (Lipinski definition) is 2. The van der Waals surface area contributed by atoms with Crippen LogP contribution in [-0.2, 0) is 9.59 Å². The molecule has 0 aliphatic carbocycles. The fourth-order valence-electron chi connectivity index (χ4n) is 2.62. The molecule has 0 bridgehead atoms. The summed E-state index contributed by atoms with van der Waals surface area (Å²) in [5.74, 6) is 0.220. The Balaban J connectivity index is 1.98. The highest BCUT2D eigenvalue weighted by Crippen LogP contribution is 2.23. The second-order valence-corrected chi connectivity index (χ2v) is 6.90. The van der Waals surface area contributed by atoms with Gasteiger partial charge in [0.2, 0.25) is 11.8 Å². The van der Waals surface area contributed by atoms with Crippen LogP contribution in [0.25, 0.3) is 0 Å². The Morgan fingerprint density at radius 3 is 2.56 bits per heavy atom. The van der Waals surface area contributed by atoms with Crippen LogP contribution in [0.15, 0.2) is 53.0 Å². The minimum absolute atomic E-state index is 0.0988. The summed E-state index contributed by atoms with van der Waals surface area (Å²) in [5.41, 5.74) is 1.31. The molecule has 144 valence electrons. The van der Waals surface area contributed by atoms with E-state index in [-0.39, 0.29) is 18.4 Å². The summed E-state index contributed by atoms with van der Waals surface area (Å²) in [5, 5.41) is 5.71. The summed E-state index contributed by atoms with van der Waals surface area (Å²) in [6.07, 6.45) is 0. The second kappa shape index (κ2) is 10.1. The molecule has 2 rings (SSSR count). The van der Waals surface area contributed by atoms with Crippen LogP contribution in [0.3, 0.4) is 0 Å². The predicted octanol–water partition coefficient (Wildman–Crippen LogP) is 3.75. The first-order valence-corrected chi connectivity index (χ1v) is 9.47. The average molecular weight is 434 g/mol. The van der Waals surface area contributed by atoms with Gasteiger partial charge in [-0.25, -0.2) is 0 Å². The number of rotatable bonds is 8. The van der Waals surface area contributed by atoms with Gasteiger partial charge in [-0.05, 0) is 43.8 Å². The molecule has 0 aliphatic rings. The third-order valence-corrected chi connectivity index (χ3v) is 4.65. The first-order valence-electron chi connectivity index (χ1n) is 8.68. The smallest absolute Gasteiger partial charge is 0.241 e. The minimum Gasteiger partial charge on any atom is -0.495 e. The van der Waals surface area contributed by atoms with Gasteiger partial charge in [-0.1, -0.05) is 41.1 Å². The molecular weight excluding hydrogens is 410 g/mol. The number of carbonyl (C=O) groups excluding carboxylic acids is 2. The Morgan fingerprint density at radius 2 is 1.89 bits per heavy atom. The lowest BCUT2D eigenvalue weighted by Gasteiger charge is -2.26. The number of nitrogens with zero attached hydrogens (tertiary/aromatic N) is 1. The van der Waals surface area contributed by atoms with Crippen LogP contribution in [0.2, 0.25) is 0 Å². The number of methoxy groups -OCH3 is 1. The molecule has 0 radical (unpaired) electrons. The standard InChI is InChI=1S/C20H24BrN3O3/c1-4-24(13-19(25)23-17-10-5-6-11-18(17)27-3)14(2)20(26)22-16-9-7-8-15(21)12-16/h5-12,14H,4,13H2,1-3H3,(H,22,26)(H,23,25). The minimum atomic E-state index is -0.461. The van der Waals surface area contributed by atoms with Crippen molar-refractivity contribution in [1.82, 2.24) is 4.90 Å². The summed E-state index contributed by atoms with van der Waals surface area (Å²) < 4.78 is 6.13. The number of benzene rings is 2. The lowest BCUT2D eigenvalue weighted by atomic mass is 10.2. The summed E-state index contributed by atoms with van der Waals surface area (Å²) in [6, 6.07) is 14.1. The van der Waals surface area contributed by atoms with Crippen LogP contribution in [0.4, 0.5) is 11.4 Å². The Bertz CT molecular complexity index is 798. The molecule has 0 spiro atoms. The third kappa shape index (κ3) is 6.08. The molecule has 27 heavy (non-hydrogen) atoms. The molecule has 1 unspecified atom stereocenters. The Labute approximate surface area is 168 Å². The number of hydrogen-bond acceptors (Lipinski definition) is 4. The highest BCUT2D eigenvalue weighted by molar-refractivity contribution is 9.10. The first-order chi connectivity index (χ1) is 12.9. The first kappa shape index (κ1) is 20.9. The fourth-order valence-corrected chi connectivity index (χ4v) is 3.02. The summed E-state index contributed by atoms with van der Waals surface area (Å²) >= 11 is 3.38. The van der Waals surface area contributed by atoms with E-state index in [0.29, 0.717) is 23.7 Å². The van der Waals surface area contributed by atoms with Crippen molar-refractivity contribution >= 4 is 39.1 Å². The fraction of sp³-hybridized carbons (Fsp3) is 0.300. The SMILES string of the molecule is CCN(CC(=O)Nc1ccccc1OC)C(C)C(=O)Nc1cccc(Br)c1. The van der Waals surface area contributed by atoms with Crippen LogP contribution in [-0.4, -0.2) is 43.0 Å². The predicted molar refractivity (Wildman–Crippen MR) is 111 cm³/mol. The molecule has 2 aromatic carbocycles. The Hall–Kier alpha value is -2.38. The number of halogens is 1. The number of carbonyl (C=O) groups is 2. The number of nitrogens with one attached hydrogen (secondary N) is 2. The zero-order valence-corrected chi connectivity index (χ0v) is 17.2. The van der Waals surface area contributed by atoms with Crippen molar-refractivity contribution in [2.75, 3.05) is 30.8 Å². The molecule has 2 aromatic rings. The largest absolute Gasteiger partial charge is 0.495 e. The second-order valence-electron chi connectivity index (χ2n) is 5.99. The van der Waals surface area contributed by atoms with E-state index >= 15 is 0 Å². The molecule has 0 aromatic heterocycles. The van der Waals surface area contributed by atoms with Crippen molar-refractivity contribution in [3.05, 3.63) is 53.0 Å². The van der Waals surface area contributed by atoms with E-state index in [2.05, 4.69) is 26.6 Å². The van der Waals surface area contributed by atoms with Crippen molar-refractivity contribution in [3.8, 4) is 5.75 Å². The van der Waals surface area contributed by atoms with Crippen LogP contribution in [0.5, 0.6) is 5.75 Å². The highest BCUT2D eigenvalue weighted by atomic mass is 79.9. The average Bonchev–Trinajstić information content (AvgIpc) is 2.66. The number of anilines is 2. The molecular formula is C20H24BrN3O3. The molecule has 2 amide bonds. The van der Waals surface area contributed by atoms with Crippen LogP contribution >= 0.6 is 15.9 Å². The van der Waals surface area contributed by atoms with Gasteiger partial charge in [0, 0.05) is 10.2 Å². The van der Waals surface area contributed by atoms with Crippen molar-refractivity contribution < 1.29 is 14.3 Å². The molecule has 0 aliphatic heterocycles. The number of amides is 2. The molecule has 6 nitrogen and oxygen atoms in total. The Morgan fingerprint density at radius 1 is 1.15 bits per heavy atom. The van der Waals surface area contributed by atoms with E-state index in [0.717, 1.165) is 4.47 Å². The van der Waals surface area contributed by atoms with Crippen molar-refractivity contribution in [1.29, 1.82) is 0 Å². The van der Waals surface area contributed by atoms with Crippen molar-refractivity contribution in [2.45, 2.75) is 19.9 Å². The van der Waals surface area contributed by atoms with Gasteiger partial charge in [-0.2, -0.15) is 0 Å². The molecule has 0 saturated carbocycles. The molecule has 7 heteroatoms. The molecule has 2 N–H and O–H groups in total. The molecule has 0 fully saturated rings. The summed E-state index contributed by atoms with van der Waals surface area (Å²) in [4.78, 5) is 26.8. The molecule has 1 atom stereocenters. The number of ether oxygens (including phenoxy) is 1. The van der Waals surface area contributed by atoms with Gasteiger partial charge >= 0.3 is 0 Å². The summed E-state index contributed by atoms with van der Waals surface area (Å²) in [7, 11) is 1.55. The number of para-hydroxylation sites is 2. The van der Waals surface area contributed by atoms with E-state index in [1.165, 1.54) is 0 Å². The lowest BCUT2D eigenvalue weighted by molar-refractivity contribution is -0.123. The highest BCUT2D eigenvalue weighted by Gasteiger charge is 2.22. The van der Waals surface area contributed by atoms with Gasteiger partial charge in [-0.3, -0.25) is 14.5 Å².